The molecule has 2 saturated heterocycles. The molecule has 0 atom stereocenters. The normalized spacial score (nSPS) is 16.9. The van der Waals surface area contributed by atoms with E-state index in [1.807, 2.05) is 75.4 Å². The number of likely N-dealkylation sites (tertiary alicyclic amines) is 2. The molecule has 2 aromatic heterocycles. The lowest BCUT2D eigenvalue weighted by Crippen LogP contribution is -2.62. The van der Waals surface area contributed by atoms with Crippen LogP contribution < -0.4 is 9.47 Å². The molecule has 2 aromatic carbocycles. The number of carboxylic acids is 1. The Labute approximate surface area is 355 Å². The first-order valence-corrected chi connectivity index (χ1v) is 20.7. The van der Waals surface area contributed by atoms with Gasteiger partial charge in [-0.2, -0.15) is 0 Å². The van der Waals surface area contributed by atoms with Crippen molar-refractivity contribution in [2.75, 3.05) is 40.4 Å². The highest BCUT2D eigenvalue weighted by molar-refractivity contribution is 6.39. The number of carbonyl (C=O) groups is 3. The Hall–Kier alpha value is -4.91. The number of methoxy groups -OCH3 is 2. The molecule has 1 saturated carbocycles. The summed E-state index contributed by atoms with van der Waals surface area (Å²) in [4.78, 5) is 52.3. The van der Waals surface area contributed by atoms with Crippen LogP contribution in [-0.2, 0) is 27.4 Å². The number of piperidine rings is 1. The van der Waals surface area contributed by atoms with E-state index in [0.717, 1.165) is 42.8 Å². The average Bonchev–Trinajstić information content (AvgIpc) is 3.17. The quantitative estimate of drug-likeness (QED) is 0.156. The Kier molecular flexibility index (Phi) is 12.2. The molecule has 4 aromatic rings. The fraction of sp³-hybridized carbons (Fsp3) is 0.444. The van der Waals surface area contributed by atoms with E-state index in [9.17, 15) is 19.5 Å². The first kappa shape index (κ1) is 42.2. The maximum atomic E-state index is 13.6. The molecule has 1 spiro atoms. The number of halogens is 2. The molecule has 0 radical (unpaired) electrons. The molecule has 0 unspecified atom stereocenters. The highest BCUT2D eigenvalue weighted by Crippen LogP contribution is 2.52. The average molecular weight is 845 g/mol. The van der Waals surface area contributed by atoms with Crippen molar-refractivity contribution in [3.8, 4) is 45.3 Å². The first-order valence-electron chi connectivity index (χ1n) is 19.9. The zero-order chi connectivity index (χ0) is 42.2. The van der Waals surface area contributed by atoms with Crippen LogP contribution >= 0.6 is 23.2 Å². The largest absolute Gasteiger partial charge is 0.496 e. The van der Waals surface area contributed by atoms with Crippen LogP contribution in [0.1, 0.15) is 64.5 Å². The van der Waals surface area contributed by atoms with Gasteiger partial charge in [0.2, 0.25) is 11.8 Å². The van der Waals surface area contributed by atoms with E-state index >= 15 is 0 Å². The van der Waals surface area contributed by atoms with Crippen molar-refractivity contribution in [1.29, 1.82) is 0 Å². The van der Waals surface area contributed by atoms with Gasteiger partial charge >= 0.3 is 12.1 Å². The maximum Gasteiger partial charge on any atom is 0.410 e. The van der Waals surface area contributed by atoms with Gasteiger partial charge in [0.1, 0.15) is 11.4 Å². The number of carbonyl (C=O) groups excluding carboxylic acids is 2. The van der Waals surface area contributed by atoms with Gasteiger partial charge in [0.15, 0.2) is 0 Å². The second kappa shape index (κ2) is 17.0. The summed E-state index contributed by atoms with van der Waals surface area (Å²) in [7, 11) is 3.19. The minimum atomic E-state index is -0.692. The summed E-state index contributed by atoms with van der Waals surface area (Å²) in [5.74, 6) is 0.191. The summed E-state index contributed by atoms with van der Waals surface area (Å²) in [6.45, 7) is 10.9. The smallest absolute Gasteiger partial charge is 0.410 e. The molecule has 4 heterocycles. The van der Waals surface area contributed by atoms with Gasteiger partial charge in [-0.15, -0.1) is 0 Å². The summed E-state index contributed by atoms with van der Waals surface area (Å²) >= 11 is 14.3. The summed E-state index contributed by atoms with van der Waals surface area (Å²) in [6, 6.07) is 17.1. The van der Waals surface area contributed by atoms with Crippen molar-refractivity contribution in [3.05, 3.63) is 82.0 Å². The third kappa shape index (κ3) is 9.00. The van der Waals surface area contributed by atoms with Crippen LogP contribution in [0.5, 0.6) is 11.6 Å². The summed E-state index contributed by atoms with van der Waals surface area (Å²) in [5, 5.41) is 10.2. The predicted octanol–water partition coefficient (Wildman–Crippen LogP) is 8.85. The van der Waals surface area contributed by atoms with Crippen molar-refractivity contribution in [3.63, 3.8) is 0 Å². The molecule has 1 N–H and O–H groups in total. The molecule has 1 aliphatic carbocycles. The van der Waals surface area contributed by atoms with Crippen LogP contribution in [0.25, 0.3) is 33.6 Å². The lowest BCUT2D eigenvalue weighted by molar-refractivity contribution is -0.161. The molecular weight excluding hydrogens is 793 g/mol. The van der Waals surface area contributed by atoms with E-state index in [0.29, 0.717) is 82.0 Å². The third-order valence-corrected chi connectivity index (χ3v) is 12.5. The number of aliphatic carboxylic acids is 1. The number of hydrogen-bond donors (Lipinski definition) is 1. The molecule has 7 rings (SSSR count). The second-order valence-electron chi connectivity index (χ2n) is 17.0. The summed E-state index contributed by atoms with van der Waals surface area (Å²) in [5.41, 5.74) is 5.20. The van der Waals surface area contributed by atoms with Crippen LogP contribution in [0.2, 0.25) is 10.0 Å². The fourth-order valence-electron chi connectivity index (χ4n) is 8.74. The topological polar surface area (TPSA) is 135 Å². The summed E-state index contributed by atoms with van der Waals surface area (Å²) in [6.07, 6.45) is 4.03. The molecular formula is C45H51Cl2N5O7. The summed E-state index contributed by atoms with van der Waals surface area (Å²) < 4.78 is 17.5. The Morgan fingerprint density at radius 3 is 2.24 bits per heavy atom. The lowest BCUT2D eigenvalue weighted by atomic mass is 9.57. The lowest BCUT2D eigenvalue weighted by Gasteiger charge is -2.58. The number of pyridine rings is 2. The van der Waals surface area contributed by atoms with Crippen molar-refractivity contribution in [2.24, 2.45) is 11.3 Å². The van der Waals surface area contributed by atoms with E-state index in [2.05, 4.69) is 9.88 Å². The Bertz CT molecular complexity index is 2240. The monoisotopic (exact) mass is 843 g/mol. The Morgan fingerprint density at radius 2 is 1.59 bits per heavy atom. The predicted molar refractivity (Wildman–Crippen MR) is 227 cm³/mol. The standard InChI is InChI=1S/C45H51Cl2N5O7/c1-27(53)51-18-15-32(16-19-51)52(43(56)59-44(2,3)4)24-30-12-13-36(49-41(30)58-6)35-9-7-8-33(38(35)46)34-14-17-48-40(39(34)47)28-10-11-29(37(20-28)57-5)23-50-25-45(26-50)21-31(22-45)42(54)55/h7-14,17,20,31-32H,15-16,18-19,21-26H2,1-6H3,(H,54,55). The van der Waals surface area contributed by atoms with Crippen LogP contribution in [0.3, 0.4) is 0 Å². The third-order valence-electron chi connectivity index (χ3n) is 11.7. The van der Waals surface area contributed by atoms with Gasteiger partial charge in [0.05, 0.1) is 48.1 Å². The Balaban J connectivity index is 1.11. The van der Waals surface area contributed by atoms with Crippen molar-refractivity contribution < 1.29 is 33.7 Å². The SMILES string of the molecule is COc1cc(-c2nccc(-c3cccc(-c4ccc(CN(C(=O)OC(C)(C)C)C5CCN(C(C)=O)CC5)c(OC)n4)c3Cl)c2Cl)ccc1CN1CC2(CC(C(=O)O)C2)C1. The number of amides is 2. The van der Waals surface area contributed by atoms with Crippen LogP contribution in [0.4, 0.5) is 4.79 Å². The molecule has 312 valence electrons. The van der Waals surface area contributed by atoms with Crippen molar-refractivity contribution >= 4 is 41.2 Å². The van der Waals surface area contributed by atoms with Crippen molar-refractivity contribution in [2.45, 2.75) is 78.1 Å². The van der Waals surface area contributed by atoms with Crippen LogP contribution in [0.15, 0.2) is 60.8 Å². The number of hydrogen-bond acceptors (Lipinski definition) is 9. The molecule has 2 amide bonds. The van der Waals surface area contributed by atoms with E-state index in [-0.39, 0.29) is 29.8 Å². The minimum Gasteiger partial charge on any atom is -0.496 e. The van der Waals surface area contributed by atoms with Gasteiger partial charge in [0.25, 0.3) is 0 Å². The molecule has 14 heteroatoms. The maximum absolute atomic E-state index is 13.6. The van der Waals surface area contributed by atoms with E-state index in [4.69, 9.17) is 42.4 Å². The zero-order valence-corrected chi connectivity index (χ0v) is 35.9. The number of rotatable bonds is 11. The zero-order valence-electron chi connectivity index (χ0n) is 34.4. The Morgan fingerprint density at radius 1 is 0.915 bits per heavy atom. The molecule has 3 fully saturated rings. The van der Waals surface area contributed by atoms with Gasteiger partial charge in [-0.1, -0.05) is 53.5 Å². The van der Waals surface area contributed by atoms with Crippen molar-refractivity contribution in [1.82, 2.24) is 24.7 Å². The van der Waals surface area contributed by atoms with Crippen LogP contribution in [0, 0.1) is 11.3 Å². The minimum absolute atomic E-state index is 0.0235. The molecule has 0 bridgehead atoms. The van der Waals surface area contributed by atoms with Gasteiger partial charge in [0, 0.05) is 85.3 Å². The number of carboxylic acid groups (broad SMARTS) is 1. The molecule has 2 aliphatic heterocycles. The molecule has 3 aliphatic rings. The van der Waals surface area contributed by atoms with E-state index < -0.39 is 17.7 Å². The van der Waals surface area contributed by atoms with Gasteiger partial charge in [-0.05, 0) is 76.1 Å². The molecule has 12 nitrogen and oxygen atoms in total. The second-order valence-corrected chi connectivity index (χ2v) is 17.8. The highest BCUT2D eigenvalue weighted by atomic mass is 35.5. The number of ether oxygens (including phenoxy) is 3. The van der Waals surface area contributed by atoms with Gasteiger partial charge < -0.3 is 29.1 Å². The van der Waals surface area contributed by atoms with E-state index in [1.54, 1.807) is 37.1 Å². The number of nitrogens with zero attached hydrogens (tertiary/aromatic N) is 5. The van der Waals surface area contributed by atoms with Crippen LogP contribution in [-0.4, -0.2) is 99.8 Å². The molecule has 59 heavy (non-hydrogen) atoms. The number of aromatic nitrogens is 2. The van der Waals surface area contributed by atoms with E-state index in [1.165, 1.54) is 0 Å². The number of benzene rings is 2. The first-order chi connectivity index (χ1) is 28.1. The van der Waals surface area contributed by atoms with Gasteiger partial charge in [-0.25, -0.2) is 9.78 Å². The van der Waals surface area contributed by atoms with Gasteiger partial charge in [-0.3, -0.25) is 19.5 Å². The fourth-order valence-corrected chi connectivity index (χ4v) is 9.39. The highest BCUT2D eigenvalue weighted by Gasteiger charge is 2.54.